The van der Waals surface area contributed by atoms with E-state index in [9.17, 15) is 0 Å². The van der Waals surface area contributed by atoms with Crippen LogP contribution in [-0.4, -0.2) is 24.5 Å². The molecule has 0 saturated heterocycles. The average molecular weight is 214 g/mol. The van der Waals surface area contributed by atoms with Crippen molar-refractivity contribution in [2.24, 2.45) is 10.9 Å². The summed E-state index contributed by atoms with van der Waals surface area (Å²) in [5.41, 5.74) is 0. The first-order valence-corrected chi connectivity index (χ1v) is 6.49. The highest BCUT2D eigenvalue weighted by molar-refractivity contribution is 8.14. The molecule has 1 saturated carbocycles. The van der Waals surface area contributed by atoms with Crippen LogP contribution in [0.5, 0.6) is 0 Å². The summed E-state index contributed by atoms with van der Waals surface area (Å²) in [6.07, 6.45) is 6.91. The summed E-state index contributed by atoms with van der Waals surface area (Å²) in [5.74, 6) is 0.989. The fourth-order valence-corrected chi connectivity index (χ4v) is 3.09. The van der Waals surface area contributed by atoms with Crippen LogP contribution in [0.1, 0.15) is 39.0 Å². The number of nitrogens with zero attached hydrogens (tertiary/aromatic N) is 1. The smallest absolute Gasteiger partial charge is 0.156 e. The minimum absolute atomic E-state index is 0.795. The fraction of sp³-hybridized carbons (Fsp3) is 0.909. The Hall–Kier alpha value is -0.180. The third-order valence-electron chi connectivity index (χ3n) is 3.07. The van der Waals surface area contributed by atoms with Gasteiger partial charge in [0.25, 0.3) is 0 Å². The Labute approximate surface area is 92.0 Å². The largest absolute Gasteiger partial charge is 0.368 e. The first-order valence-electron chi connectivity index (χ1n) is 5.61. The van der Waals surface area contributed by atoms with Crippen molar-refractivity contribution in [1.82, 2.24) is 5.32 Å². The summed E-state index contributed by atoms with van der Waals surface area (Å²) in [6.45, 7) is 2.31. The Kier molecular flexibility index (Phi) is 5.38. The van der Waals surface area contributed by atoms with Crippen molar-refractivity contribution in [2.45, 2.75) is 44.3 Å². The van der Waals surface area contributed by atoms with Crippen LogP contribution < -0.4 is 5.32 Å². The van der Waals surface area contributed by atoms with E-state index in [0.717, 1.165) is 16.3 Å². The van der Waals surface area contributed by atoms with Gasteiger partial charge in [-0.15, -0.1) is 0 Å². The van der Waals surface area contributed by atoms with Gasteiger partial charge < -0.3 is 5.32 Å². The summed E-state index contributed by atoms with van der Waals surface area (Å²) >= 11 is 1.92. The van der Waals surface area contributed by atoms with E-state index >= 15 is 0 Å². The molecule has 0 bridgehead atoms. The molecule has 0 radical (unpaired) electrons. The summed E-state index contributed by atoms with van der Waals surface area (Å²) in [4.78, 5) is 4.21. The molecule has 1 N–H and O–H groups in total. The van der Waals surface area contributed by atoms with Crippen molar-refractivity contribution < 1.29 is 0 Å². The zero-order valence-corrected chi connectivity index (χ0v) is 10.4. The van der Waals surface area contributed by atoms with Gasteiger partial charge in [0.15, 0.2) is 5.17 Å². The van der Waals surface area contributed by atoms with Crippen LogP contribution in [-0.2, 0) is 0 Å². The second-order valence-electron chi connectivity index (χ2n) is 3.95. The minimum Gasteiger partial charge on any atom is -0.368 e. The lowest BCUT2D eigenvalue weighted by molar-refractivity contribution is 0.357. The van der Waals surface area contributed by atoms with Gasteiger partial charge in [0, 0.05) is 19.3 Å². The van der Waals surface area contributed by atoms with Gasteiger partial charge in [-0.3, -0.25) is 4.99 Å². The van der Waals surface area contributed by atoms with Gasteiger partial charge in [0.2, 0.25) is 0 Å². The molecule has 0 atom stereocenters. The van der Waals surface area contributed by atoms with Gasteiger partial charge in [-0.1, -0.05) is 25.1 Å². The lowest BCUT2D eigenvalue weighted by atomic mass is 9.87. The van der Waals surface area contributed by atoms with Crippen molar-refractivity contribution in [3.63, 3.8) is 0 Å². The second-order valence-corrected chi connectivity index (χ2v) is 5.24. The zero-order chi connectivity index (χ0) is 10.4. The molecule has 1 aliphatic carbocycles. The molecular formula is C11H22N2S. The molecular weight excluding hydrogens is 192 g/mol. The second kappa shape index (κ2) is 6.33. The van der Waals surface area contributed by atoms with E-state index in [1.54, 1.807) is 0 Å². The van der Waals surface area contributed by atoms with Gasteiger partial charge in [-0.25, -0.2) is 0 Å². The van der Waals surface area contributed by atoms with Crippen LogP contribution in [0.15, 0.2) is 4.99 Å². The summed E-state index contributed by atoms with van der Waals surface area (Å²) in [6, 6.07) is 0. The number of hydrogen-bond acceptors (Lipinski definition) is 2. The first-order chi connectivity index (χ1) is 6.80. The quantitative estimate of drug-likeness (QED) is 0.564. The van der Waals surface area contributed by atoms with E-state index in [1.807, 2.05) is 25.9 Å². The Morgan fingerprint density at radius 2 is 2.00 bits per heavy atom. The zero-order valence-electron chi connectivity index (χ0n) is 9.55. The Balaban J connectivity index is 2.28. The normalized spacial score (nSPS) is 28.9. The molecule has 0 heterocycles. The summed E-state index contributed by atoms with van der Waals surface area (Å²) < 4.78 is 0. The molecule has 3 heteroatoms. The van der Waals surface area contributed by atoms with Gasteiger partial charge in [-0.05, 0) is 31.6 Å². The first kappa shape index (κ1) is 11.9. The Morgan fingerprint density at radius 3 is 2.43 bits per heavy atom. The number of rotatable bonds is 2. The molecule has 82 valence electrons. The Morgan fingerprint density at radius 1 is 1.36 bits per heavy atom. The van der Waals surface area contributed by atoms with Crippen LogP contribution in [0, 0.1) is 5.92 Å². The monoisotopic (exact) mass is 214 g/mol. The molecule has 0 amide bonds. The highest BCUT2D eigenvalue weighted by Gasteiger charge is 2.21. The van der Waals surface area contributed by atoms with Crippen LogP contribution in [0.4, 0.5) is 0 Å². The Bertz CT molecular complexity index is 184. The number of hydrogen-bond donors (Lipinski definition) is 1. The minimum atomic E-state index is 0.795. The van der Waals surface area contributed by atoms with Crippen LogP contribution in [0.2, 0.25) is 0 Å². The van der Waals surface area contributed by atoms with E-state index in [2.05, 4.69) is 17.2 Å². The van der Waals surface area contributed by atoms with E-state index in [1.165, 1.54) is 32.1 Å². The fourth-order valence-electron chi connectivity index (χ4n) is 2.04. The molecule has 0 spiro atoms. The number of thioether (sulfide) groups is 1. The predicted molar refractivity (Wildman–Crippen MR) is 66.0 cm³/mol. The van der Waals surface area contributed by atoms with E-state index < -0.39 is 0 Å². The molecule has 0 aromatic heterocycles. The molecule has 1 rings (SSSR count). The van der Waals surface area contributed by atoms with Crippen LogP contribution in [0.3, 0.4) is 0 Å². The summed E-state index contributed by atoms with van der Waals surface area (Å²) in [5, 5.41) is 5.02. The van der Waals surface area contributed by atoms with Gasteiger partial charge in [0.05, 0.1) is 0 Å². The number of nitrogens with one attached hydrogen (secondary N) is 1. The van der Waals surface area contributed by atoms with Gasteiger partial charge in [0.1, 0.15) is 0 Å². The summed E-state index contributed by atoms with van der Waals surface area (Å²) in [7, 11) is 3.81. The lowest BCUT2D eigenvalue weighted by Crippen LogP contribution is -2.22. The molecule has 2 nitrogen and oxygen atoms in total. The standard InChI is InChI=1S/C11H22N2S/c1-4-9-5-7-10(8-6-9)14-11(12-2)13-3/h9-10H,4-8H2,1-3H3,(H,12,13). The third kappa shape index (κ3) is 3.52. The van der Waals surface area contributed by atoms with Crippen LogP contribution in [0.25, 0.3) is 0 Å². The number of aliphatic imine (C=N–C) groups is 1. The molecule has 0 aromatic rings. The van der Waals surface area contributed by atoms with Gasteiger partial charge >= 0.3 is 0 Å². The molecule has 0 aliphatic heterocycles. The van der Waals surface area contributed by atoms with Crippen LogP contribution >= 0.6 is 11.8 Å². The molecule has 0 unspecified atom stereocenters. The topological polar surface area (TPSA) is 24.4 Å². The predicted octanol–water partition coefficient (Wildman–Crippen LogP) is 2.89. The maximum absolute atomic E-state index is 4.21. The van der Waals surface area contributed by atoms with Crippen molar-refractivity contribution >= 4 is 16.9 Å². The highest BCUT2D eigenvalue weighted by Crippen LogP contribution is 2.33. The SMILES string of the molecule is CCC1CCC(SC(=NC)NC)CC1. The lowest BCUT2D eigenvalue weighted by Gasteiger charge is -2.27. The molecule has 14 heavy (non-hydrogen) atoms. The molecule has 1 fully saturated rings. The number of amidine groups is 1. The molecule has 1 aliphatic rings. The average Bonchev–Trinajstić information content (AvgIpc) is 2.26. The van der Waals surface area contributed by atoms with E-state index in [-0.39, 0.29) is 0 Å². The maximum Gasteiger partial charge on any atom is 0.156 e. The van der Waals surface area contributed by atoms with Crippen molar-refractivity contribution in [1.29, 1.82) is 0 Å². The van der Waals surface area contributed by atoms with Gasteiger partial charge in [-0.2, -0.15) is 0 Å². The molecule has 0 aromatic carbocycles. The van der Waals surface area contributed by atoms with Crippen molar-refractivity contribution in [2.75, 3.05) is 14.1 Å². The maximum atomic E-state index is 4.21. The van der Waals surface area contributed by atoms with Crippen molar-refractivity contribution in [3.8, 4) is 0 Å². The van der Waals surface area contributed by atoms with Crippen molar-refractivity contribution in [3.05, 3.63) is 0 Å². The highest BCUT2D eigenvalue weighted by atomic mass is 32.2. The third-order valence-corrected chi connectivity index (χ3v) is 4.48. The van der Waals surface area contributed by atoms with E-state index in [4.69, 9.17) is 0 Å². The van der Waals surface area contributed by atoms with E-state index in [0.29, 0.717) is 0 Å².